The number of hydrogen-bond acceptors (Lipinski definition) is 6. The van der Waals surface area contributed by atoms with Crippen LogP contribution in [0.4, 0.5) is 11.6 Å². The third-order valence-corrected chi connectivity index (χ3v) is 6.52. The molecule has 1 atom stereocenters. The number of Topliss-reactive ketones (excluding diaryl/α,β-unsaturated/α-hetero) is 1. The molecule has 0 unspecified atom stereocenters. The van der Waals surface area contributed by atoms with E-state index in [9.17, 15) is 14.4 Å². The van der Waals surface area contributed by atoms with Crippen molar-refractivity contribution in [1.29, 1.82) is 0 Å². The van der Waals surface area contributed by atoms with Gasteiger partial charge in [0.2, 0.25) is 5.95 Å². The van der Waals surface area contributed by atoms with E-state index in [4.69, 9.17) is 9.72 Å². The van der Waals surface area contributed by atoms with Crippen LogP contribution in [0.2, 0.25) is 0 Å². The van der Waals surface area contributed by atoms with Crippen molar-refractivity contribution in [2.45, 2.75) is 39.3 Å². The van der Waals surface area contributed by atoms with E-state index in [1.807, 2.05) is 59.2 Å². The number of para-hydroxylation sites is 1. The van der Waals surface area contributed by atoms with E-state index >= 15 is 0 Å². The van der Waals surface area contributed by atoms with Gasteiger partial charge in [0.25, 0.3) is 5.56 Å². The van der Waals surface area contributed by atoms with Gasteiger partial charge in [-0.2, -0.15) is 4.98 Å². The molecule has 0 aliphatic carbocycles. The summed E-state index contributed by atoms with van der Waals surface area (Å²) in [5, 5.41) is 0. The zero-order chi connectivity index (χ0) is 24.7. The number of rotatable bonds is 5. The van der Waals surface area contributed by atoms with Gasteiger partial charge in [-0.25, -0.2) is 9.36 Å². The maximum atomic E-state index is 13.5. The Bertz CT molecular complexity index is 1520. The van der Waals surface area contributed by atoms with Crippen LogP contribution in [0.25, 0.3) is 11.2 Å². The highest BCUT2D eigenvalue weighted by Gasteiger charge is 2.27. The predicted molar refractivity (Wildman–Crippen MR) is 134 cm³/mol. The first-order chi connectivity index (χ1) is 16.9. The predicted octanol–water partition coefficient (Wildman–Crippen LogP) is 3.77. The number of ketones is 1. The number of benzene rings is 2. The van der Waals surface area contributed by atoms with Crippen LogP contribution >= 0.6 is 0 Å². The average Bonchev–Trinajstić information content (AvgIpc) is 3.11. The van der Waals surface area contributed by atoms with Crippen LogP contribution in [0.5, 0.6) is 11.5 Å². The van der Waals surface area contributed by atoms with E-state index < -0.39 is 17.3 Å². The van der Waals surface area contributed by atoms with Crippen LogP contribution in [0, 0.1) is 0 Å². The molecule has 0 N–H and O–H groups in total. The number of carbonyl (C=O) groups is 1. The number of anilines is 2. The maximum absolute atomic E-state index is 13.5. The lowest BCUT2D eigenvalue weighted by Crippen LogP contribution is -2.43. The first-order valence-electron chi connectivity index (χ1n) is 11.7. The minimum Gasteiger partial charge on any atom is -0.457 e. The summed E-state index contributed by atoms with van der Waals surface area (Å²) in [5.41, 5.74) is 0.529. The van der Waals surface area contributed by atoms with Crippen molar-refractivity contribution in [1.82, 2.24) is 18.7 Å². The molecular formula is C26H27N5O4. The third kappa shape index (κ3) is 3.92. The van der Waals surface area contributed by atoms with E-state index in [1.54, 1.807) is 14.0 Å². The van der Waals surface area contributed by atoms with Gasteiger partial charge in [-0.1, -0.05) is 18.2 Å². The van der Waals surface area contributed by atoms with Crippen LogP contribution in [0.3, 0.4) is 0 Å². The molecule has 3 heterocycles. The van der Waals surface area contributed by atoms with Crippen LogP contribution in [-0.2, 0) is 18.4 Å². The minimum absolute atomic E-state index is 0.251. The number of carbonyl (C=O) groups excluding carboxylic acids is 1. The molecule has 2 aromatic heterocycles. The van der Waals surface area contributed by atoms with Crippen LogP contribution in [0.15, 0.2) is 64.2 Å². The fraction of sp³-hybridized carbons (Fsp3) is 0.308. The van der Waals surface area contributed by atoms with E-state index in [-0.39, 0.29) is 5.78 Å². The lowest BCUT2D eigenvalue weighted by atomic mass is 10.2. The monoisotopic (exact) mass is 473 g/mol. The lowest BCUT2D eigenvalue weighted by Gasteiger charge is -2.22. The van der Waals surface area contributed by atoms with Crippen LogP contribution < -0.4 is 20.9 Å². The number of imidazole rings is 1. The maximum Gasteiger partial charge on any atom is 0.333 e. The van der Waals surface area contributed by atoms with Crippen LogP contribution in [-0.4, -0.2) is 31.0 Å². The summed E-state index contributed by atoms with van der Waals surface area (Å²) < 4.78 is 10.2. The van der Waals surface area contributed by atoms with E-state index in [1.165, 1.54) is 11.5 Å². The van der Waals surface area contributed by atoms with Gasteiger partial charge in [0.15, 0.2) is 16.9 Å². The molecule has 1 aliphatic heterocycles. The molecule has 0 fully saturated rings. The molecule has 0 saturated carbocycles. The van der Waals surface area contributed by atoms with E-state index in [0.29, 0.717) is 36.0 Å². The molecule has 5 rings (SSSR count). The number of fused-ring (bicyclic) bond motifs is 3. The summed E-state index contributed by atoms with van der Waals surface area (Å²) in [4.78, 5) is 45.2. The highest BCUT2D eigenvalue weighted by Crippen LogP contribution is 2.32. The molecule has 0 amide bonds. The highest BCUT2D eigenvalue weighted by molar-refractivity contribution is 5.81. The molecular weight excluding hydrogens is 446 g/mol. The number of hydrogen-bond donors (Lipinski definition) is 0. The van der Waals surface area contributed by atoms with E-state index in [0.717, 1.165) is 28.8 Å². The highest BCUT2D eigenvalue weighted by atomic mass is 16.5. The summed E-state index contributed by atoms with van der Waals surface area (Å²) in [5.74, 6) is 1.83. The zero-order valence-electron chi connectivity index (χ0n) is 20.0. The summed E-state index contributed by atoms with van der Waals surface area (Å²) in [6, 6.07) is 16.4. The van der Waals surface area contributed by atoms with Crippen molar-refractivity contribution in [3.05, 3.63) is 75.4 Å². The molecule has 4 aromatic rings. The largest absolute Gasteiger partial charge is 0.457 e. The third-order valence-electron chi connectivity index (χ3n) is 6.52. The van der Waals surface area contributed by atoms with Crippen molar-refractivity contribution < 1.29 is 9.53 Å². The smallest absolute Gasteiger partial charge is 0.333 e. The summed E-state index contributed by atoms with van der Waals surface area (Å²) in [6.07, 6.45) is 1.77. The number of ether oxygens (including phenoxy) is 1. The molecule has 2 aromatic carbocycles. The zero-order valence-corrected chi connectivity index (χ0v) is 20.0. The first kappa shape index (κ1) is 22.6. The Morgan fingerprint density at radius 2 is 1.63 bits per heavy atom. The molecule has 0 saturated heterocycles. The molecule has 0 bridgehead atoms. The van der Waals surface area contributed by atoms with E-state index in [2.05, 4.69) is 4.90 Å². The second-order valence-electron chi connectivity index (χ2n) is 8.81. The molecule has 0 radical (unpaired) electrons. The van der Waals surface area contributed by atoms with Crippen molar-refractivity contribution in [2.75, 3.05) is 11.4 Å². The quantitative estimate of drug-likeness (QED) is 0.438. The summed E-state index contributed by atoms with van der Waals surface area (Å²) in [6.45, 7) is 4.26. The Hall–Kier alpha value is -4.14. The van der Waals surface area contributed by atoms with Crippen molar-refractivity contribution in [3.63, 3.8) is 0 Å². The van der Waals surface area contributed by atoms with Gasteiger partial charge in [0.1, 0.15) is 11.5 Å². The van der Waals surface area contributed by atoms with Gasteiger partial charge in [0, 0.05) is 25.8 Å². The van der Waals surface area contributed by atoms with Gasteiger partial charge >= 0.3 is 5.69 Å². The second kappa shape index (κ2) is 8.90. The van der Waals surface area contributed by atoms with Crippen molar-refractivity contribution >= 4 is 28.6 Å². The molecule has 1 aliphatic rings. The number of nitrogens with zero attached hydrogens (tertiary/aromatic N) is 5. The normalized spacial score (nSPS) is 14.4. The lowest BCUT2D eigenvalue weighted by molar-refractivity contribution is -0.119. The number of aromatic nitrogens is 4. The van der Waals surface area contributed by atoms with Gasteiger partial charge in [-0.3, -0.25) is 14.2 Å². The van der Waals surface area contributed by atoms with Gasteiger partial charge < -0.3 is 14.2 Å². The molecule has 180 valence electrons. The van der Waals surface area contributed by atoms with Crippen molar-refractivity contribution in [2.24, 2.45) is 7.05 Å². The second-order valence-corrected chi connectivity index (χ2v) is 8.81. The summed E-state index contributed by atoms with van der Waals surface area (Å²) >= 11 is 0. The summed E-state index contributed by atoms with van der Waals surface area (Å²) in [7, 11) is 1.58. The molecule has 35 heavy (non-hydrogen) atoms. The van der Waals surface area contributed by atoms with Crippen LogP contribution in [0.1, 0.15) is 32.7 Å². The minimum atomic E-state index is -0.851. The Labute approximate surface area is 201 Å². The fourth-order valence-corrected chi connectivity index (χ4v) is 4.47. The SMILES string of the molecule is CC(=O)[C@@H](C)n1c(=O)c2c(nc3n2CCCCN3c2ccc(Oc3ccccc3)cc2)n(C)c1=O. The Kier molecular flexibility index (Phi) is 5.76. The molecule has 9 heteroatoms. The van der Waals surface area contributed by atoms with Gasteiger partial charge in [-0.15, -0.1) is 0 Å². The van der Waals surface area contributed by atoms with Crippen molar-refractivity contribution in [3.8, 4) is 11.5 Å². The Morgan fingerprint density at radius 3 is 2.31 bits per heavy atom. The fourth-order valence-electron chi connectivity index (χ4n) is 4.47. The average molecular weight is 474 g/mol. The first-order valence-corrected chi connectivity index (χ1v) is 11.7. The molecule has 9 nitrogen and oxygen atoms in total. The molecule has 0 spiro atoms. The van der Waals surface area contributed by atoms with Gasteiger partial charge in [0.05, 0.1) is 6.04 Å². The topological polar surface area (TPSA) is 91.4 Å². The Morgan fingerprint density at radius 1 is 0.971 bits per heavy atom. The Balaban J connectivity index is 1.60. The number of aryl methyl sites for hydroxylation is 2. The van der Waals surface area contributed by atoms with Gasteiger partial charge in [-0.05, 0) is 63.1 Å². The standard InChI is InChI=1S/C26H27N5O4/c1-17(18(2)32)31-24(33)22-23(28(3)26(31)34)27-25-29(15-7-8-16-30(22)25)19-11-13-21(14-12-19)35-20-9-5-4-6-10-20/h4-6,9-14,17H,7-8,15-16H2,1-3H3/t17-/m1/s1.